The van der Waals surface area contributed by atoms with Gasteiger partial charge in [-0.3, -0.25) is 0 Å². The van der Waals surface area contributed by atoms with Crippen LogP contribution in [-0.2, 0) is 4.74 Å². The van der Waals surface area contributed by atoms with E-state index in [4.69, 9.17) is 32.7 Å². The Hall–Kier alpha value is -0.440. The third-order valence-electron chi connectivity index (χ3n) is 2.01. The Morgan fingerprint density at radius 1 is 1.20 bits per heavy atom. The SMILES string of the molecule is COCOc1cc(Cl)c(Cl)cc1C(C)C. The fourth-order valence-corrected chi connectivity index (χ4v) is 1.57. The molecule has 2 nitrogen and oxygen atoms in total. The molecule has 1 aromatic rings. The van der Waals surface area contributed by atoms with Crippen molar-refractivity contribution in [1.29, 1.82) is 0 Å². The van der Waals surface area contributed by atoms with Crippen molar-refractivity contribution in [3.8, 4) is 5.75 Å². The van der Waals surface area contributed by atoms with E-state index < -0.39 is 0 Å². The molecule has 15 heavy (non-hydrogen) atoms. The van der Waals surface area contributed by atoms with Crippen molar-refractivity contribution >= 4 is 23.2 Å². The number of ether oxygens (including phenoxy) is 2. The van der Waals surface area contributed by atoms with E-state index in [2.05, 4.69) is 13.8 Å². The van der Waals surface area contributed by atoms with E-state index in [9.17, 15) is 0 Å². The van der Waals surface area contributed by atoms with Crippen molar-refractivity contribution in [3.05, 3.63) is 27.7 Å². The van der Waals surface area contributed by atoms with Crippen molar-refractivity contribution in [3.63, 3.8) is 0 Å². The minimum absolute atomic E-state index is 0.206. The lowest BCUT2D eigenvalue weighted by molar-refractivity contribution is 0.0503. The lowest BCUT2D eigenvalue weighted by atomic mass is 10.0. The third-order valence-corrected chi connectivity index (χ3v) is 2.73. The van der Waals surface area contributed by atoms with E-state index in [1.807, 2.05) is 6.07 Å². The molecule has 0 heterocycles. The van der Waals surface area contributed by atoms with Crippen molar-refractivity contribution in [1.82, 2.24) is 0 Å². The first-order valence-electron chi connectivity index (χ1n) is 4.67. The molecule has 84 valence electrons. The van der Waals surface area contributed by atoms with Crippen LogP contribution in [0.4, 0.5) is 0 Å². The zero-order valence-corrected chi connectivity index (χ0v) is 10.5. The van der Waals surface area contributed by atoms with Crippen LogP contribution in [0.15, 0.2) is 12.1 Å². The van der Waals surface area contributed by atoms with Crippen molar-refractivity contribution in [2.24, 2.45) is 0 Å². The van der Waals surface area contributed by atoms with E-state index in [1.165, 1.54) is 0 Å². The summed E-state index contributed by atoms with van der Waals surface area (Å²) in [7, 11) is 1.58. The average Bonchev–Trinajstić information content (AvgIpc) is 2.19. The van der Waals surface area contributed by atoms with Gasteiger partial charge in [0.25, 0.3) is 0 Å². The molecule has 0 radical (unpaired) electrons. The van der Waals surface area contributed by atoms with Gasteiger partial charge in [0.1, 0.15) is 5.75 Å². The van der Waals surface area contributed by atoms with Gasteiger partial charge in [-0.05, 0) is 17.5 Å². The first-order valence-corrected chi connectivity index (χ1v) is 5.42. The number of methoxy groups -OCH3 is 1. The molecule has 0 aliphatic carbocycles. The third kappa shape index (κ3) is 3.26. The summed E-state index contributed by atoms with van der Waals surface area (Å²) < 4.78 is 10.3. The normalized spacial score (nSPS) is 10.8. The van der Waals surface area contributed by atoms with Gasteiger partial charge in [-0.2, -0.15) is 0 Å². The maximum Gasteiger partial charge on any atom is 0.188 e. The Morgan fingerprint density at radius 2 is 1.80 bits per heavy atom. The van der Waals surface area contributed by atoms with E-state index in [0.717, 1.165) is 11.3 Å². The van der Waals surface area contributed by atoms with Gasteiger partial charge < -0.3 is 9.47 Å². The maximum absolute atomic E-state index is 5.95. The molecule has 0 aliphatic rings. The van der Waals surface area contributed by atoms with Crippen LogP contribution >= 0.6 is 23.2 Å². The van der Waals surface area contributed by atoms with Gasteiger partial charge in [-0.25, -0.2) is 0 Å². The van der Waals surface area contributed by atoms with Crippen LogP contribution in [-0.4, -0.2) is 13.9 Å². The van der Waals surface area contributed by atoms with Gasteiger partial charge >= 0.3 is 0 Å². The topological polar surface area (TPSA) is 18.5 Å². The predicted octanol–water partition coefficient (Wildman–Crippen LogP) is 4.10. The molecule has 4 heteroatoms. The quantitative estimate of drug-likeness (QED) is 0.748. The molecule has 0 aliphatic heterocycles. The first-order chi connectivity index (χ1) is 7.06. The highest BCUT2D eigenvalue weighted by Gasteiger charge is 2.11. The second kappa shape index (κ2) is 5.59. The Bertz CT molecular complexity index is 338. The number of rotatable bonds is 4. The van der Waals surface area contributed by atoms with Crippen LogP contribution in [0, 0.1) is 0 Å². The van der Waals surface area contributed by atoms with Gasteiger partial charge in [0.15, 0.2) is 6.79 Å². The number of halogens is 2. The van der Waals surface area contributed by atoms with Crippen LogP contribution < -0.4 is 4.74 Å². The summed E-state index contributed by atoms with van der Waals surface area (Å²) >= 11 is 11.9. The molecule has 0 spiro atoms. The van der Waals surface area contributed by atoms with Gasteiger partial charge in [-0.15, -0.1) is 0 Å². The number of hydrogen-bond acceptors (Lipinski definition) is 2. The number of hydrogen-bond donors (Lipinski definition) is 0. The Labute approximate surface area is 100 Å². The van der Waals surface area contributed by atoms with Crippen molar-refractivity contribution in [2.45, 2.75) is 19.8 Å². The monoisotopic (exact) mass is 248 g/mol. The van der Waals surface area contributed by atoms with Gasteiger partial charge in [0.2, 0.25) is 0 Å². The van der Waals surface area contributed by atoms with Crippen LogP contribution in [0.3, 0.4) is 0 Å². The largest absolute Gasteiger partial charge is 0.467 e. The molecule has 0 amide bonds. The summed E-state index contributed by atoms with van der Waals surface area (Å²) in [6.07, 6.45) is 0. The lowest BCUT2D eigenvalue weighted by Crippen LogP contribution is -2.02. The van der Waals surface area contributed by atoms with Crippen LogP contribution in [0.25, 0.3) is 0 Å². The van der Waals surface area contributed by atoms with E-state index in [0.29, 0.717) is 16.0 Å². The first kappa shape index (κ1) is 12.6. The van der Waals surface area contributed by atoms with Crippen molar-refractivity contribution < 1.29 is 9.47 Å². The molecule has 0 fully saturated rings. The van der Waals surface area contributed by atoms with Gasteiger partial charge in [0.05, 0.1) is 10.0 Å². The van der Waals surface area contributed by atoms with Crippen LogP contribution in [0.1, 0.15) is 25.3 Å². The predicted molar refractivity (Wildman–Crippen MR) is 63.1 cm³/mol. The molecule has 1 aromatic carbocycles. The fourth-order valence-electron chi connectivity index (χ4n) is 1.24. The highest BCUT2D eigenvalue weighted by molar-refractivity contribution is 6.42. The molecule has 0 saturated heterocycles. The molecule has 0 atom stereocenters. The van der Waals surface area contributed by atoms with E-state index in [1.54, 1.807) is 13.2 Å². The molecule has 0 unspecified atom stereocenters. The van der Waals surface area contributed by atoms with Crippen LogP contribution in [0.5, 0.6) is 5.75 Å². The summed E-state index contributed by atoms with van der Waals surface area (Å²) in [5.41, 5.74) is 1.03. The summed E-state index contributed by atoms with van der Waals surface area (Å²) in [5.74, 6) is 1.05. The summed E-state index contributed by atoms with van der Waals surface area (Å²) in [6, 6.07) is 3.55. The maximum atomic E-state index is 5.95. The molecular formula is C11H14Cl2O2. The van der Waals surface area contributed by atoms with Gasteiger partial charge in [0, 0.05) is 13.2 Å². The number of benzene rings is 1. The minimum atomic E-state index is 0.206. The van der Waals surface area contributed by atoms with E-state index in [-0.39, 0.29) is 6.79 Å². The lowest BCUT2D eigenvalue weighted by Gasteiger charge is -2.14. The molecule has 1 rings (SSSR count). The zero-order valence-electron chi connectivity index (χ0n) is 9.01. The molecule has 0 N–H and O–H groups in total. The molecular weight excluding hydrogens is 235 g/mol. The highest BCUT2D eigenvalue weighted by Crippen LogP contribution is 2.34. The van der Waals surface area contributed by atoms with Crippen LogP contribution in [0.2, 0.25) is 10.0 Å². The van der Waals surface area contributed by atoms with E-state index >= 15 is 0 Å². The average molecular weight is 249 g/mol. The Morgan fingerprint density at radius 3 is 2.33 bits per heavy atom. The summed E-state index contributed by atoms with van der Waals surface area (Å²) in [4.78, 5) is 0. The standard InChI is InChI=1S/C11H14Cl2O2/c1-7(2)8-4-9(12)10(13)5-11(8)15-6-14-3/h4-5,7H,6H2,1-3H3. The molecule has 0 bridgehead atoms. The second-order valence-electron chi connectivity index (χ2n) is 3.51. The zero-order chi connectivity index (χ0) is 11.4. The summed E-state index contributed by atoms with van der Waals surface area (Å²) in [6.45, 7) is 4.34. The molecule has 0 aromatic heterocycles. The van der Waals surface area contributed by atoms with Gasteiger partial charge in [-0.1, -0.05) is 37.0 Å². The highest BCUT2D eigenvalue weighted by atomic mass is 35.5. The Kier molecular flexibility index (Phi) is 4.71. The molecule has 0 saturated carbocycles. The Balaban J connectivity index is 3.04. The fraction of sp³-hybridized carbons (Fsp3) is 0.455. The minimum Gasteiger partial charge on any atom is -0.467 e. The smallest absolute Gasteiger partial charge is 0.188 e. The van der Waals surface area contributed by atoms with Crippen molar-refractivity contribution in [2.75, 3.05) is 13.9 Å². The summed E-state index contributed by atoms with van der Waals surface area (Å²) in [5, 5.41) is 1.04. The second-order valence-corrected chi connectivity index (χ2v) is 4.32.